The molecule has 0 aliphatic carbocycles. The molecule has 1 aliphatic heterocycles. The molecule has 4 rings (SSSR count). The van der Waals surface area contributed by atoms with Crippen LogP contribution in [0.3, 0.4) is 0 Å². The lowest BCUT2D eigenvalue weighted by Crippen LogP contribution is -2.31. The average molecular weight is 478 g/mol. The van der Waals surface area contributed by atoms with Crippen molar-refractivity contribution in [3.63, 3.8) is 0 Å². The van der Waals surface area contributed by atoms with Crippen molar-refractivity contribution in [2.24, 2.45) is 0 Å². The van der Waals surface area contributed by atoms with Gasteiger partial charge in [0.1, 0.15) is 11.5 Å². The van der Waals surface area contributed by atoms with Crippen LogP contribution in [0.5, 0.6) is 0 Å². The molecule has 0 radical (unpaired) electrons. The first kappa shape index (κ1) is 24.1. The minimum absolute atomic E-state index is 0.0871. The summed E-state index contributed by atoms with van der Waals surface area (Å²) < 4.78 is 14.5. The number of fused-ring (bicyclic) bond motifs is 1. The molecule has 9 heteroatoms. The lowest BCUT2D eigenvalue weighted by Gasteiger charge is -2.20. The summed E-state index contributed by atoms with van der Waals surface area (Å²) in [5, 5.41) is 9.73. The molecular weight excluding hydrogens is 449 g/mol. The van der Waals surface area contributed by atoms with E-state index in [9.17, 15) is 18.8 Å². The second kappa shape index (κ2) is 10.9. The van der Waals surface area contributed by atoms with E-state index in [1.807, 2.05) is 31.2 Å². The molecule has 3 aromatic rings. The summed E-state index contributed by atoms with van der Waals surface area (Å²) in [6.07, 6.45) is 0.825. The van der Waals surface area contributed by atoms with Crippen molar-refractivity contribution in [1.82, 2.24) is 25.3 Å². The Labute approximate surface area is 203 Å². The second-order valence-electron chi connectivity index (χ2n) is 8.61. The van der Waals surface area contributed by atoms with E-state index in [0.717, 1.165) is 23.1 Å². The van der Waals surface area contributed by atoms with Gasteiger partial charge in [-0.05, 0) is 36.6 Å². The Hall–Kier alpha value is -4.01. The van der Waals surface area contributed by atoms with Crippen LogP contribution in [-0.2, 0) is 24.4 Å². The van der Waals surface area contributed by atoms with Gasteiger partial charge in [0.05, 0.1) is 0 Å². The van der Waals surface area contributed by atoms with E-state index in [1.165, 1.54) is 18.2 Å². The van der Waals surface area contributed by atoms with Crippen LogP contribution in [0.4, 0.5) is 4.39 Å². The smallest absolute Gasteiger partial charge is 0.272 e. The van der Waals surface area contributed by atoms with Crippen LogP contribution < -0.4 is 10.6 Å². The number of halogens is 1. The molecule has 0 saturated heterocycles. The normalized spacial score (nSPS) is 13.2. The number of benzene rings is 2. The summed E-state index contributed by atoms with van der Waals surface area (Å²) >= 11 is 0. The molecule has 3 amide bonds. The molecule has 0 spiro atoms. The minimum Gasteiger partial charge on any atom is -0.352 e. The summed E-state index contributed by atoms with van der Waals surface area (Å²) in [4.78, 5) is 39.5. The summed E-state index contributed by atoms with van der Waals surface area (Å²) in [5.41, 5.74) is 3.53. The van der Waals surface area contributed by atoms with Gasteiger partial charge in [-0.3, -0.25) is 19.1 Å². The van der Waals surface area contributed by atoms with Crippen molar-refractivity contribution < 1.29 is 18.8 Å². The van der Waals surface area contributed by atoms with Crippen LogP contribution >= 0.6 is 0 Å². The van der Waals surface area contributed by atoms with Crippen LogP contribution in [0.15, 0.2) is 54.6 Å². The van der Waals surface area contributed by atoms with Crippen molar-refractivity contribution in [3.05, 3.63) is 88.5 Å². The Morgan fingerprint density at radius 2 is 1.71 bits per heavy atom. The zero-order chi connectivity index (χ0) is 24.8. The van der Waals surface area contributed by atoms with Crippen LogP contribution in [0.25, 0.3) is 0 Å². The zero-order valence-corrected chi connectivity index (χ0v) is 19.6. The fourth-order valence-corrected chi connectivity index (χ4v) is 3.88. The van der Waals surface area contributed by atoms with Crippen LogP contribution in [-0.4, -0.2) is 45.5 Å². The van der Waals surface area contributed by atoms with Crippen molar-refractivity contribution in [3.8, 4) is 0 Å². The van der Waals surface area contributed by atoms with E-state index in [4.69, 9.17) is 0 Å². The molecule has 2 heterocycles. The predicted molar refractivity (Wildman–Crippen MR) is 128 cm³/mol. The largest absolute Gasteiger partial charge is 0.352 e. The van der Waals surface area contributed by atoms with Crippen molar-refractivity contribution >= 4 is 17.7 Å². The van der Waals surface area contributed by atoms with Gasteiger partial charge >= 0.3 is 0 Å². The quantitative estimate of drug-likeness (QED) is 0.522. The highest BCUT2D eigenvalue weighted by molar-refractivity contribution is 5.98. The Morgan fingerprint density at radius 1 is 1.00 bits per heavy atom. The van der Waals surface area contributed by atoms with Gasteiger partial charge in [0, 0.05) is 45.2 Å². The summed E-state index contributed by atoms with van der Waals surface area (Å²) in [7, 11) is 0. The van der Waals surface area contributed by atoms with Crippen molar-refractivity contribution in [2.75, 3.05) is 13.1 Å². The Bertz CT molecular complexity index is 1200. The first-order valence-corrected chi connectivity index (χ1v) is 11.6. The maximum Gasteiger partial charge on any atom is 0.272 e. The topological polar surface area (TPSA) is 96.3 Å². The molecule has 35 heavy (non-hydrogen) atoms. The Morgan fingerprint density at radius 3 is 2.46 bits per heavy atom. The van der Waals surface area contributed by atoms with E-state index < -0.39 is 5.91 Å². The standard InChI is InChI=1S/C26H28FN5O3/c1-18-3-5-20(6-4-18)17-31-13-2-14-32-23(26(31)35)15-22(30-32)25(34)28-12-11-24(33)29-16-19-7-9-21(27)10-8-19/h3-10,15H,2,11-14,16-17H2,1H3,(H,28,34)(H,29,33). The number of amides is 3. The molecule has 0 bridgehead atoms. The maximum atomic E-state index is 13.1. The number of nitrogens with zero attached hydrogens (tertiary/aromatic N) is 3. The summed E-state index contributed by atoms with van der Waals surface area (Å²) in [6.45, 7) is 4.09. The third-order valence-electron chi connectivity index (χ3n) is 5.85. The van der Waals surface area contributed by atoms with Gasteiger partial charge in [0.2, 0.25) is 5.91 Å². The zero-order valence-electron chi connectivity index (χ0n) is 19.6. The molecule has 182 valence electrons. The van der Waals surface area contributed by atoms with Gasteiger partial charge in [0.15, 0.2) is 5.69 Å². The Balaban J connectivity index is 1.29. The first-order chi connectivity index (χ1) is 16.9. The number of hydrogen-bond donors (Lipinski definition) is 2. The highest BCUT2D eigenvalue weighted by atomic mass is 19.1. The highest BCUT2D eigenvalue weighted by Crippen LogP contribution is 2.17. The van der Waals surface area contributed by atoms with Gasteiger partial charge < -0.3 is 15.5 Å². The minimum atomic E-state index is -0.435. The molecular formula is C26H28FN5O3. The molecule has 1 aromatic heterocycles. The average Bonchev–Trinajstić information content (AvgIpc) is 3.22. The van der Waals surface area contributed by atoms with E-state index in [-0.39, 0.29) is 42.8 Å². The van der Waals surface area contributed by atoms with E-state index in [2.05, 4.69) is 15.7 Å². The van der Waals surface area contributed by atoms with Gasteiger partial charge in [0.25, 0.3) is 11.8 Å². The number of aromatic nitrogens is 2. The lowest BCUT2D eigenvalue weighted by molar-refractivity contribution is -0.121. The number of hydrogen-bond acceptors (Lipinski definition) is 4. The molecule has 1 aliphatic rings. The molecule has 2 N–H and O–H groups in total. The van der Waals surface area contributed by atoms with Crippen LogP contribution in [0, 0.1) is 12.7 Å². The fraction of sp³-hybridized carbons (Fsp3) is 0.308. The van der Waals surface area contributed by atoms with E-state index >= 15 is 0 Å². The molecule has 0 fully saturated rings. The van der Waals surface area contributed by atoms with Crippen molar-refractivity contribution in [1.29, 1.82) is 0 Å². The summed E-state index contributed by atoms with van der Waals surface area (Å²) in [6, 6.07) is 15.5. The summed E-state index contributed by atoms with van der Waals surface area (Å²) in [5.74, 6) is -1.16. The third-order valence-corrected chi connectivity index (χ3v) is 5.85. The number of rotatable bonds is 8. The SMILES string of the molecule is Cc1ccc(CN2CCCn3nc(C(=O)NCCC(=O)NCc4ccc(F)cc4)cc3C2=O)cc1. The first-order valence-electron chi connectivity index (χ1n) is 11.6. The van der Waals surface area contributed by atoms with Gasteiger partial charge in [-0.25, -0.2) is 4.39 Å². The highest BCUT2D eigenvalue weighted by Gasteiger charge is 2.26. The van der Waals surface area contributed by atoms with Crippen LogP contribution in [0.2, 0.25) is 0 Å². The molecule has 0 saturated carbocycles. The predicted octanol–water partition coefficient (Wildman–Crippen LogP) is 2.81. The van der Waals surface area contributed by atoms with Gasteiger partial charge in [-0.2, -0.15) is 5.10 Å². The van der Waals surface area contributed by atoms with E-state index in [0.29, 0.717) is 25.3 Å². The number of carbonyl (C=O) groups excluding carboxylic acids is 3. The van der Waals surface area contributed by atoms with Gasteiger partial charge in [-0.1, -0.05) is 42.0 Å². The number of nitrogens with one attached hydrogen (secondary N) is 2. The monoisotopic (exact) mass is 477 g/mol. The number of carbonyl (C=O) groups is 3. The fourth-order valence-electron chi connectivity index (χ4n) is 3.88. The van der Waals surface area contributed by atoms with Gasteiger partial charge in [-0.15, -0.1) is 0 Å². The molecule has 0 unspecified atom stereocenters. The van der Waals surface area contributed by atoms with Crippen molar-refractivity contribution in [2.45, 2.75) is 39.4 Å². The number of aryl methyl sites for hydroxylation is 2. The Kier molecular flexibility index (Phi) is 7.54. The lowest BCUT2D eigenvalue weighted by atomic mass is 10.1. The molecule has 8 nitrogen and oxygen atoms in total. The second-order valence-corrected chi connectivity index (χ2v) is 8.61. The molecule has 0 atom stereocenters. The molecule has 2 aromatic carbocycles. The third kappa shape index (κ3) is 6.32. The van der Waals surface area contributed by atoms with E-state index in [1.54, 1.807) is 21.7 Å². The van der Waals surface area contributed by atoms with Crippen LogP contribution in [0.1, 0.15) is 50.5 Å². The maximum absolute atomic E-state index is 13.1.